The van der Waals surface area contributed by atoms with Crippen LogP contribution >= 0.6 is 22.9 Å². The van der Waals surface area contributed by atoms with E-state index < -0.39 is 0 Å². The number of rotatable bonds is 8. The van der Waals surface area contributed by atoms with Gasteiger partial charge in [-0.25, -0.2) is 4.79 Å². The minimum Gasteiger partial charge on any atom is -0.491 e. The average molecular weight is 464 g/mol. The third-order valence-electron chi connectivity index (χ3n) is 5.65. The van der Waals surface area contributed by atoms with E-state index in [0.717, 1.165) is 18.4 Å². The molecule has 1 aliphatic rings. The molecule has 0 bridgehead atoms. The van der Waals surface area contributed by atoms with E-state index in [-0.39, 0.29) is 30.6 Å². The second kappa shape index (κ2) is 10.9. The highest BCUT2D eigenvalue weighted by Gasteiger charge is 2.34. The van der Waals surface area contributed by atoms with Crippen LogP contribution in [0.25, 0.3) is 0 Å². The highest BCUT2D eigenvalue weighted by atomic mass is 35.5. The van der Waals surface area contributed by atoms with Crippen molar-refractivity contribution in [3.05, 3.63) is 51.2 Å². The third-order valence-corrected chi connectivity index (χ3v) is 6.90. The zero-order valence-corrected chi connectivity index (χ0v) is 19.8. The predicted molar refractivity (Wildman–Crippen MR) is 125 cm³/mol. The highest BCUT2D eigenvalue weighted by Crippen LogP contribution is 2.34. The lowest BCUT2D eigenvalue weighted by Gasteiger charge is -2.38. The number of halogens is 1. The molecular weight excluding hydrogens is 434 g/mol. The molecule has 168 valence electrons. The van der Waals surface area contributed by atoms with E-state index in [0.29, 0.717) is 30.5 Å². The lowest BCUT2D eigenvalue weighted by Crippen LogP contribution is -2.52. The summed E-state index contributed by atoms with van der Waals surface area (Å²) in [7, 11) is 0. The van der Waals surface area contributed by atoms with Crippen molar-refractivity contribution in [2.75, 3.05) is 26.2 Å². The van der Waals surface area contributed by atoms with Crippen LogP contribution in [0.5, 0.6) is 5.75 Å². The topological polar surface area (TPSA) is 61.9 Å². The molecular formula is C23H30ClN3O3S. The summed E-state index contributed by atoms with van der Waals surface area (Å²) in [4.78, 5) is 30.7. The van der Waals surface area contributed by atoms with Crippen LogP contribution < -0.4 is 10.1 Å². The van der Waals surface area contributed by atoms with Crippen molar-refractivity contribution in [3.63, 3.8) is 0 Å². The summed E-state index contributed by atoms with van der Waals surface area (Å²) in [6.45, 7) is 7.41. The number of carbonyl (C=O) groups excluding carboxylic acids is 2. The van der Waals surface area contributed by atoms with Gasteiger partial charge >= 0.3 is 6.03 Å². The molecule has 1 aromatic carbocycles. The summed E-state index contributed by atoms with van der Waals surface area (Å²) >= 11 is 7.68. The van der Waals surface area contributed by atoms with E-state index in [9.17, 15) is 9.59 Å². The second-order valence-electron chi connectivity index (χ2n) is 7.64. The molecule has 2 aromatic rings. The maximum absolute atomic E-state index is 13.4. The summed E-state index contributed by atoms with van der Waals surface area (Å²) < 4.78 is 6.03. The number of urea groups is 1. The van der Waals surface area contributed by atoms with E-state index in [2.05, 4.69) is 16.8 Å². The Morgan fingerprint density at radius 2 is 2.03 bits per heavy atom. The largest absolute Gasteiger partial charge is 0.491 e. The number of ether oxygens (including phenoxy) is 1. The van der Waals surface area contributed by atoms with Crippen LogP contribution in [-0.2, 0) is 11.2 Å². The Morgan fingerprint density at radius 1 is 1.29 bits per heavy atom. The lowest BCUT2D eigenvalue weighted by atomic mass is 10.00. The minimum absolute atomic E-state index is 0.0271. The van der Waals surface area contributed by atoms with E-state index in [4.69, 9.17) is 16.3 Å². The molecule has 1 N–H and O–H groups in total. The monoisotopic (exact) mass is 463 g/mol. The number of thiophene rings is 1. The molecule has 6 nitrogen and oxygen atoms in total. The fourth-order valence-corrected chi connectivity index (χ4v) is 4.77. The van der Waals surface area contributed by atoms with Gasteiger partial charge in [0.15, 0.2) is 0 Å². The molecule has 0 saturated heterocycles. The first-order chi connectivity index (χ1) is 14.9. The first-order valence-corrected chi connectivity index (χ1v) is 12.0. The highest BCUT2D eigenvalue weighted by molar-refractivity contribution is 7.10. The molecule has 1 aromatic heterocycles. The predicted octanol–water partition coefficient (Wildman–Crippen LogP) is 4.74. The second-order valence-corrected chi connectivity index (χ2v) is 9.07. The van der Waals surface area contributed by atoms with Crippen LogP contribution in [0.4, 0.5) is 4.79 Å². The van der Waals surface area contributed by atoms with Crippen LogP contribution in [0.2, 0.25) is 5.02 Å². The minimum atomic E-state index is -0.201. The standard InChI is InChI=1S/C23H30ClN3O3S/c1-4-16(3)27(23(29)25-5-2)14-22(28)26-12-10-21-19(11-13-31-21)20(26)15-30-18-8-6-17(24)7-9-18/h6-9,11,13,16,20H,4-5,10,12,14-15H2,1-3H3,(H,25,29)/t16-,20-/m1/s1. The number of nitrogens with one attached hydrogen (secondary N) is 1. The van der Waals surface area contributed by atoms with Crippen LogP contribution in [0, 0.1) is 0 Å². The van der Waals surface area contributed by atoms with Crippen molar-refractivity contribution in [1.29, 1.82) is 0 Å². The SMILES string of the molecule is CCNC(=O)N(CC(=O)N1CCc2sccc2[C@H]1COc1ccc(Cl)cc1)[C@H](C)CC. The van der Waals surface area contributed by atoms with Crippen molar-refractivity contribution in [2.45, 2.75) is 45.7 Å². The van der Waals surface area contributed by atoms with Gasteiger partial charge in [0.25, 0.3) is 0 Å². The Balaban J connectivity index is 1.77. The smallest absolute Gasteiger partial charge is 0.318 e. The molecule has 1 aliphatic heterocycles. The van der Waals surface area contributed by atoms with E-state index in [1.54, 1.807) is 28.4 Å². The van der Waals surface area contributed by atoms with Crippen molar-refractivity contribution < 1.29 is 14.3 Å². The fraction of sp³-hybridized carbons (Fsp3) is 0.478. The van der Waals surface area contributed by atoms with Crippen LogP contribution in [0.1, 0.15) is 43.7 Å². The molecule has 0 saturated carbocycles. The maximum Gasteiger partial charge on any atom is 0.318 e. The van der Waals surface area contributed by atoms with E-state index in [1.165, 1.54) is 4.88 Å². The van der Waals surface area contributed by atoms with Crippen LogP contribution in [0.15, 0.2) is 35.7 Å². The van der Waals surface area contributed by atoms with Crippen LogP contribution in [-0.4, -0.2) is 54.0 Å². The molecule has 0 fully saturated rings. The number of fused-ring (bicyclic) bond motifs is 1. The molecule has 2 heterocycles. The van der Waals surface area contributed by atoms with E-state index >= 15 is 0 Å². The number of hydrogen-bond donors (Lipinski definition) is 1. The van der Waals surface area contributed by atoms with Crippen molar-refractivity contribution in [3.8, 4) is 5.75 Å². The fourth-order valence-electron chi connectivity index (χ4n) is 3.72. The van der Waals surface area contributed by atoms with Crippen molar-refractivity contribution in [2.24, 2.45) is 0 Å². The van der Waals surface area contributed by atoms with Gasteiger partial charge in [0.1, 0.15) is 18.9 Å². The van der Waals surface area contributed by atoms with Gasteiger partial charge < -0.3 is 19.9 Å². The van der Waals surface area contributed by atoms with Crippen molar-refractivity contribution >= 4 is 34.9 Å². The summed E-state index contributed by atoms with van der Waals surface area (Å²) in [6, 6.07) is 8.88. The summed E-state index contributed by atoms with van der Waals surface area (Å²) in [6.07, 6.45) is 1.60. The number of hydrogen-bond acceptors (Lipinski definition) is 4. The Labute approximate surface area is 193 Å². The summed E-state index contributed by atoms with van der Waals surface area (Å²) in [5.41, 5.74) is 1.13. The van der Waals surface area contributed by atoms with Gasteiger partial charge in [0.05, 0.1) is 6.04 Å². The normalized spacial score (nSPS) is 16.4. The zero-order valence-electron chi connectivity index (χ0n) is 18.3. The zero-order chi connectivity index (χ0) is 22.4. The summed E-state index contributed by atoms with van der Waals surface area (Å²) in [5.74, 6) is 0.649. The molecule has 8 heteroatoms. The van der Waals surface area contributed by atoms with Gasteiger partial charge in [0, 0.05) is 29.0 Å². The molecule has 0 unspecified atom stereocenters. The van der Waals surface area contributed by atoms with Gasteiger partial charge in [-0.05, 0) is 68.0 Å². The summed E-state index contributed by atoms with van der Waals surface area (Å²) in [5, 5.41) is 5.54. The van der Waals surface area contributed by atoms with Crippen molar-refractivity contribution in [1.82, 2.24) is 15.1 Å². The van der Waals surface area contributed by atoms with Gasteiger partial charge in [0.2, 0.25) is 5.91 Å². The third kappa shape index (κ3) is 5.71. The van der Waals surface area contributed by atoms with E-state index in [1.807, 2.05) is 37.8 Å². The number of nitrogens with zero attached hydrogens (tertiary/aromatic N) is 2. The Kier molecular flexibility index (Phi) is 8.21. The lowest BCUT2D eigenvalue weighted by molar-refractivity contribution is -0.135. The Bertz CT molecular complexity index is 886. The maximum atomic E-state index is 13.4. The van der Waals surface area contributed by atoms with Gasteiger partial charge in [-0.1, -0.05) is 18.5 Å². The van der Waals surface area contributed by atoms with Gasteiger partial charge in [-0.15, -0.1) is 11.3 Å². The molecule has 31 heavy (non-hydrogen) atoms. The van der Waals surface area contributed by atoms with Crippen LogP contribution in [0.3, 0.4) is 0 Å². The molecule has 0 aliphatic carbocycles. The quantitative estimate of drug-likeness (QED) is 0.615. The molecule has 0 radical (unpaired) electrons. The average Bonchev–Trinajstić information content (AvgIpc) is 3.25. The number of amides is 3. The number of carbonyl (C=O) groups is 2. The first-order valence-electron chi connectivity index (χ1n) is 10.7. The number of benzene rings is 1. The van der Waals surface area contributed by atoms with Gasteiger partial charge in [-0.3, -0.25) is 4.79 Å². The Hall–Kier alpha value is -2.25. The van der Waals surface area contributed by atoms with Gasteiger partial charge in [-0.2, -0.15) is 0 Å². The molecule has 3 rings (SSSR count). The Morgan fingerprint density at radius 3 is 2.71 bits per heavy atom. The first kappa shape index (κ1) is 23.4. The molecule has 0 spiro atoms. The molecule has 2 atom stereocenters. The molecule has 3 amide bonds.